The molecule has 1 aliphatic heterocycles. The third-order valence-corrected chi connectivity index (χ3v) is 4.20. The maximum atomic E-state index is 11.9. The maximum Gasteiger partial charge on any atom is 0.330 e. The van der Waals surface area contributed by atoms with Crippen LogP contribution >= 0.6 is 0 Å². The highest BCUT2D eigenvalue weighted by Crippen LogP contribution is 2.37. The summed E-state index contributed by atoms with van der Waals surface area (Å²) in [6, 6.07) is 1.25. The van der Waals surface area contributed by atoms with E-state index in [2.05, 4.69) is 11.9 Å². The minimum atomic E-state index is -0.824. The minimum Gasteiger partial charge on any atom is -0.394 e. The highest BCUT2D eigenvalue weighted by molar-refractivity contribution is 4.92. The molecule has 4 atom stereocenters. The summed E-state index contributed by atoms with van der Waals surface area (Å²) in [5, 5.41) is 19.6. The quantitative estimate of drug-likeness (QED) is 0.631. The molecule has 0 aromatic carbocycles. The van der Waals surface area contributed by atoms with Crippen molar-refractivity contribution in [3.8, 4) is 0 Å². The highest BCUT2D eigenvalue weighted by atomic mass is 16.5. The van der Waals surface area contributed by atoms with E-state index in [0.29, 0.717) is 6.42 Å². The van der Waals surface area contributed by atoms with Gasteiger partial charge in [0.1, 0.15) is 12.3 Å². The number of nitrogens with one attached hydrogen (secondary N) is 1. The van der Waals surface area contributed by atoms with Crippen LogP contribution in [0, 0.1) is 5.92 Å². The zero-order valence-electron chi connectivity index (χ0n) is 12.8. The summed E-state index contributed by atoms with van der Waals surface area (Å²) in [6.45, 7) is 1.82. The molecule has 0 aliphatic carbocycles. The van der Waals surface area contributed by atoms with E-state index in [4.69, 9.17) is 4.74 Å². The third-order valence-electron chi connectivity index (χ3n) is 4.20. The lowest BCUT2D eigenvalue weighted by molar-refractivity contribution is -0.0483. The molecule has 2 rings (SSSR count). The Kier molecular flexibility index (Phi) is 5.93. The summed E-state index contributed by atoms with van der Waals surface area (Å²) < 4.78 is 6.92. The Labute approximate surface area is 128 Å². The minimum absolute atomic E-state index is 0.280. The average molecular weight is 312 g/mol. The maximum absolute atomic E-state index is 11.9. The molecular weight excluding hydrogens is 288 g/mol. The number of aliphatic hydroxyl groups excluding tert-OH is 2. The molecular formula is C15H24N2O5. The second-order valence-corrected chi connectivity index (χ2v) is 5.77. The van der Waals surface area contributed by atoms with E-state index in [1.54, 1.807) is 0 Å². The fourth-order valence-electron chi connectivity index (χ4n) is 2.98. The summed E-state index contributed by atoms with van der Waals surface area (Å²) in [7, 11) is 0. The topological polar surface area (TPSA) is 105 Å². The molecule has 3 N–H and O–H groups in total. The van der Waals surface area contributed by atoms with Crippen LogP contribution in [-0.2, 0) is 4.74 Å². The van der Waals surface area contributed by atoms with Gasteiger partial charge in [-0.1, -0.05) is 32.6 Å². The van der Waals surface area contributed by atoms with Gasteiger partial charge in [0, 0.05) is 18.2 Å². The molecule has 22 heavy (non-hydrogen) atoms. The van der Waals surface area contributed by atoms with Crippen molar-refractivity contribution in [3.05, 3.63) is 33.1 Å². The van der Waals surface area contributed by atoms with Crippen molar-refractivity contribution in [2.24, 2.45) is 5.92 Å². The van der Waals surface area contributed by atoms with Crippen LogP contribution in [0.15, 0.2) is 21.9 Å². The number of aromatic nitrogens is 2. The summed E-state index contributed by atoms with van der Waals surface area (Å²) in [5.74, 6) is -0.280. The molecule has 0 unspecified atom stereocenters. The Morgan fingerprint density at radius 2 is 2.09 bits per heavy atom. The van der Waals surface area contributed by atoms with Crippen molar-refractivity contribution < 1.29 is 14.9 Å². The number of unbranched alkanes of at least 4 members (excludes halogenated alkanes) is 3. The molecule has 7 heteroatoms. The predicted molar refractivity (Wildman–Crippen MR) is 80.6 cm³/mol. The standard InChI is InChI=1S/C15H24N2O5/c1-2-3-4-5-6-10-13(20)11(9-18)22-14(10)17-8-7-12(19)16-15(17)21/h7-8,10-11,13-14,18,20H,2-6,9H2,1H3,(H,16,19,21)/t10-,11-,13+,14-/m1/s1. The molecule has 0 spiro atoms. The molecule has 1 aromatic rings. The third kappa shape index (κ3) is 3.66. The largest absolute Gasteiger partial charge is 0.394 e. The van der Waals surface area contributed by atoms with E-state index in [1.807, 2.05) is 0 Å². The molecule has 1 fully saturated rings. The lowest BCUT2D eigenvalue weighted by atomic mass is 9.93. The normalized spacial score (nSPS) is 28.1. The van der Waals surface area contributed by atoms with Gasteiger partial charge >= 0.3 is 5.69 Å². The van der Waals surface area contributed by atoms with Gasteiger partial charge in [0.05, 0.1) is 12.7 Å². The molecule has 1 aromatic heterocycles. The molecule has 0 saturated carbocycles. The van der Waals surface area contributed by atoms with Crippen molar-refractivity contribution in [2.75, 3.05) is 6.61 Å². The second-order valence-electron chi connectivity index (χ2n) is 5.77. The molecule has 7 nitrogen and oxygen atoms in total. The van der Waals surface area contributed by atoms with Gasteiger partial charge in [-0.25, -0.2) is 4.79 Å². The van der Waals surface area contributed by atoms with Gasteiger partial charge in [-0.2, -0.15) is 0 Å². The number of aromatic amines is 1. The molecule has 2 heterocycles. The van der Waals surface area contributed by atoms with Gasteiger partial charge in [0.15, 0.2) is 0 Å². The zero-order valence-corrected chi connectivity index (χ0v) is 12.8. The molecule has 0 amide bonds. The monoisotopic (exact) mass is 312 g/mol. The number of hydrogen-bond donors (Lipinski definition) is 3. The Hall–Kier alpha value is -1.44. The molecule has 1 saturated heterocycles. The van der Waals surface area contributed by atoms with Gasteiger partial charge in [-0.15, -0.1) is 0 Å². The van der Waals surface area contributed by atoms with Crippen molar-refractivity contribution >= 4 is 0 Å². The van der Waals surface area contributed by atoms with Gasteiger partial charge < -0.3 is 14.9 Å². The number of H-pyrrole nitrogens is 1. The van der Waals surface area contributed by atoms with E-state index in [-0.39, 0.29) is 12.5 Å². The number of aliphatic hydroxyl groups is 2. The fraction of sp³-hybridized carbons (Fsp3) is 0.733. The SMILES string of the molecule is CCCCCC[C@@H]1[C@H](O)[C@@H](CO)O[C@H]1n1ccc(=O)[nH]c1=O. The molecule has 0 radical (unpaired) electrons. The van der Waals surface area contributed by atoms with Crippen LogP contribution in [0.2, 0.25) is 0 Å². The number of nitrogens with zero attached hydrogens (tertiary/aromatic N) is 1. The Morgan fingerprint density at radius 1 is 1.32 bits per heavy atom. The number of hydrogen-bond acceptors (Lipinski definition) is 5. The Morgan fingerprint density at radius 3 is 2.73 bits per heavy atom. The van der Waals surface area contributed by atoms with Crippen LogP contribution in [0.3, 0.4) is 0 Å². The van der Waals surface area contributed by atoms with Crippen molar-refractivity contribution in [1.29, 1.82) is 0 Å². The zero-order chi connectivity index (χ0) is 16.1. The molecule has 1 aliphatic rings. The van der Waals surface area contributed by atoms with Crippen molar-refractivity contribution in [1.82, 2.24) is 9.55 Å². The molecule has 0 bridgehead atoms. The number of rotatable bonds is 7. The second kappa shape index (κ2) is 7.71. The van der Waals surface area contributed by atoms with Crippen LogP contribution in [0.1, 0.15) is 45.3 Å². The van der Waals surface area contributed by atoms with Crippen molar-refractivity contribution in [3.63, 3.8) is 0 Å². The summed E-state index contributed by atoms with van der Waals surface area (Å²) in [5.41, 5.74) is -1.04. The first-order chi connectivity index (χ1) is 10.6. The smallest absolute Gasteiger partial charge is 0.330 e. The van der Waals surface area contributed by atoms with Crippen LogP contribution in [-0.4, -0.2) is 38.6 Å². The van der Waals surface area contributed by atoms with E-state index in [0.717, 1.165) is 25.7 Å². The average Bonchev–Trinajstić information content (AvgIpc) is 2.80. The van der Waals surface area contributed by atoms with Crippen LogP contribution in [0.25, 0.3) is 0 Å². The predicted octanol–water partition coefficient (Wildman–Crippen LogP) is 0.374. The fourth-order valence-corrected chi connectivity index (χ4v) is 2.98. The van der Waals surface area contributed by atoms with Crippen LogP contribution in [0.5, 0.6) is 0 Å². The Bertz CT molecular complexity index is 582. The van der Waals surface area contributed by atoms with Gasteiger partial charge in [-0.05, 0) is 6.42 Å². The first-order valence-corrected chi connectivity index (χ1v) is 7.84. The van der Waals surface area contributed by atoms with E-state index < -0.39 is 29.7 Å². The van der Waals surface area contributed by atoms with Crippen LogP contribution < -0.4 is 11.2 Å². The number of ether oxygens (including phenoxy) is 1. The van der Waals surface area contributed by atoms with Gasteiger partial charge in [-0.3, -0.25) is 14.3 Å². The lowest BCUT2D eigenvalue weighted by Crippen LogP contribution is -2.34. The van der Waals surface area contributed by atoms with E-state index in [1.165, 1.54) is 16.8 Å². The first-order valence-electron chi connectivity index (χ1n) is 7.84. The summed E-state index contributed by atoms with van der Waals surface area (Å²) in [4.78, 5) is 25.3. The van der Waals surface area contributed by atoms with Gasteiger partial charge in [0.25, 0.3) is 5.56 Å². The summed E-state index contributed by atoms with van der Waals surface area (Å²) >= 11 is 0. The summed E-state index contributed by atoms with van der Waals surface area (Å²) in [6.07, 6.45) is 4.09. The first kappa shape index (κ1) is 16.9. The van der Waals surface area contributed by atoms with Crippen molar-refractivity contribution in [2.45, 2.75) is 57.5 Å². The lowest BCUT2D eigenvalue weighted by Gasteiger charge is -2.21. The molecule has 124 valence electrons. The van der Waals surface area contributed by atoms with E-state index in [9.17, 15) is 19.8 Å². The Balaban J connectivity index is 2.18. The van der Waals surface area contributed by atoms with Crippen LogP contribution in [0.4, 0.5) is 0 Å². The van der Waals surface area contributed by atoms with Gasteiger partial charge in [0.2, 0.25) is 0 Å². The van der Waals surface area contributed by atoms with E-state index >= 15 is 0 Å². The highest BCUT2D eigenvalue weighted by Gasteiger charge is 2.44.